The minimum absolute atomic E-state index is 0.0530. The minimum atomic E-state index is -0.367. The lowest BCUT2D eigenvalue weighted by atomic mass is 9.95. The maximum Gasteiger partial charge on any atom is 0.252 e. The normalized spacial score (nSPS) is 14.2. The number of hydrogen-bond donors (Lipinski definition) is 2. The Morgan fingerprint density at radius 3 is 2.24 bits per heavy atom. The molecular weight excluding hydrogens is 388 g/mol. The molecule has 0 aliphatic heterocycles. The van der Waals surface area contributed by atoms with Crippen LogP contribution >= 0.6 is 11.6 Å². The Labute approximate surface area is 175 Å². The second-order valence-corrected chi connectivity index (χ2v) is 7.73. The number of benzene rings is 2. The fourth-order valence-corrected chi connectivity index (χ4v) is 3.69. The third kappa shape index (κ3) is 5.91. The first-order chi connectivity index (χ1) is 14.0. The highest BCUT2D eigenvalue weighted by molar-refractivity contribution is 6.30. The summed E-state index contributed by atoms with van der Waals surface area (Å²) in [6.07, 6.45) is 5.81. The van der Waals surface area contributed by atoms with Crippen molar-refractivity contribution in [3.63, 3.8) is 0 Å². The van der Waals surface area contributed by atoms with Crippen molar-refractivity contribution in [3.05, 3.63) is 70.2 Å². The first-order valence-electron chi connectivity index (χ1n) is 10.0. The van der Waals surface area contributed by atoms with Crippen molar-refractivity contribution in [1.82, 2.24) is 10.6 Å². The zero-order valence-electron chi connectivity index (χ0n) is 16.2. The van der Waals surface area contributed by atoms with Gasteiger partial charge in [-0.2, -0.15) is 0 Å². The van der Waals surface area contributed by atoms with Gasteiger partial charge in [-0.1, -0.05) is 49.1 Å². The number of rotatable bonds is 7. The second-order valence-electron chi connectivity index (χ2n) is 7.29. The van der Waals surface area contributed by atoms with Crippen LogP contribution in [0.15, 0.2) is 48.5 Å². The van der Waals surface area contributed by atoms with Gasteiger partial charge in [-0.15, -0.1) is 0 Å². The SMILES string of the molecule is O=C(CCNC(=O)c1ccccc1C(=O)c1ccc(Cl)cc1)NC1CCCCC1. The van der Waals surface area contributed by atoms with Crippen LogP contribution in [-0.2, 0) is 4.79 Å². The Kier molecular flexibility index (Phi) is 7.42. The smallest absolute Gasteiger partial charge is 0.252 e. The highest BCUT2D eigenvalue weighted by Gasteiger charge is 2.19. The van der Waals surface area contributed by atoms with E-state index < -0.39 is 0 Å². The third-order valence-corrected chi connectivity index (χ3v) is 5.38. The van der Waals surface area contributed by atoms with E-state index in [-0.39, 0.29) is 36.6 Å². The maximum absolute atomic E-state index is 12.8. The summed E-state index contributed by atoms with van der Waals surface area (Å²) in [6, 6.07) is 13.5. The molecule has 5 nitrogen and oxygen atoms in total. The van der Waals surface area contributed by atoms with Gasteiger partial charge in [0, 0.05) is 35.2 Å². The molecule has 2 aromatic rings. The van der Waals surface area contributed by atoms with Crippen LogP contribution in [0.3, 0.4) is 0 Å². The summed E-state index contributed by atoms with van der Waals surface area (Å²) in [4.78, 5) is 37.5. The van der Waals surface area contributed by atoms with Crippen molar-refractivity contribution < 1.29 is 14.4 Å². The number of ketones is 1. The Balaban J connectivity index is 1.57. The molecule has 1 fully saturated rings. The van der Waals surface area contributed by atoms with Crippen LogP contribution < -0.4 is 10.6 Å². The molecule has 0 bridgehead atoms. The van der Waals surface area contributed by atoms with Crippen molar-refractivity contribution >= 4 is 29.2 Å². The molecule has 2 amide bonds. The van der Waals surface area contributed by atoms with Gasteiger partial charge >= 0.3 is 0 Å². The first kappa shape index (κ1) is 21.1. The summed E-state index contributed by atoms with van der Waals surface area (Å²) in [5, 5.41) is 6.32. The fraction of sp³-hybridized carbons (Fsp3) is 0.348. The number of carbonyl (C=O) groups is 3. The predicted octanol–water partition coefficient (Wildman–Crippen LogP) is 4.14. The Morgan fingerprint density at radius 1 is 0.897 bits per heavy atom. The average molecular weight is 413 g/mol. The van der Waals surface area contributed by atoms with Crippen LogP contribution in [0, 0.1) is 0 Å². The van der Waals surface area contributed by atoms with Crippen LogP contribution in [0.2, 0.25) is 5.02 Å². The summed E-state index contributed by atoms with van der Waals surface area (Å²) < 4.78 is 0. The van der Waals surface area contributed by atoms with Gasteiger partial charge in [-0.05, 0) is 43.2 Å². The molecule has 1 saturated carbocycles. The van der Waals surface area contributed by atoms with E-state index >= 15 is 0 Å². The second kappa shape index (κ2) is 10.2. The molecule has 0 spiro atoms. The van der Waals surface area contributed by atoms with Crippen molar-refractivity contribution in [1.29, 1.82) is 0 Å². The summed E-state index contributed by atoms with van der Waals surface area (Å²) in [6.45, 7) is 0.223. The molecule has 0 atom stereocenters. The molecule has 1 aliphatic rings. The fourth-order valence-electron chi connectivity index (χ4n) is 3.57. The van der Waals surface area contributed by atoms with Crippen LogP contribution in [-0.4, -0.2) is 30.2 Å². The summed E-state index contributed by atoms with van der Waals surface area (Å²) in [5.74, 6) is -0.668. The summed E-state index contributed by atoms with van der Waals surface area (Å²) >= 11 is 5.88. The van der Waals surface area contributed by atoms with Gasteiger partial charge in [0.05, 0.1) is 5.56 Å². The summed E-state index contributed by atoms with van der Waals surface area (Å²) in [5.41, 5.74) is 1.07. The van der Waals surface area contributed by atoms with Crippen LogP contribution in [0.5, 0.6) is 0 Å². The molecule has 3 rings (SSSR count). The van der Waals surface area contributed by atoms with Crippen LogP contribution in [0.4, 0.5) is 0 Å². The largest absolute Gasteiger partial charge is 0.353 e. The minimum Gasteiger partial charge on any atom is -0.353 e. The molecule has 2 N–H and O–H groups in total. The number of halogens is 1. The Bertz CT molecular complexity index is 874. The first-order valence-corrected chi connectivity index (χ1v) is 10.4. The van der Waals surface area contributed by atoms with E-state index in [1.165, 1.54) is 6.42 Å². The van der Waals surface area contributed by atoms with E-state index in [9.17, 15) is 14.4 Å². The highest BCUT2D eigenvalue weighted by atomic mass is 35.5. The van der Waals surface area contributed by atoms with Gasteiger partial charge in [0.25, 0.3) is 5.91 Å². The lowest BCUT2D eigenvalue weighted by Gasteiger charge is -2.22. The molecule has 1 aliphatic carbocycles. The molecule has 29 heavy (non-hydrogen) atoms. The standard InChI is InChI=1S/C23H25ClN2O3/c24-17-12-10-16(11-13-17)22(28)19-8-4-5-9-20(19)23(29)25-15-14-21(27)26-18-6-2-1-3-7-18/h4-5,8-13,18H,1-3,6-7,14-15H2,(H,25,29)(H,26,27). The molecule has 6 heteroatoms. The monoisotopic (exact) mass is 412 g/mol. The Hall–Kier alpha value is -2.66. The quantitative estimate of drug-likeness (QED) is 0.671. The molecular formula is C23H25ClN2O3. The zero-order valence-corrected chi connectivity index (χ0v) is 17.0. The molecule has 0 radical (unpaired) electrons. The average Bonchev–Trinajstić information content (AvgIpc) is 2.74. The van der Waals surface area contributed by atoms with E-state index in [0.29, 0.717) is 21.7 Å². The van der Waals surface area contributed by atoms with Gasteiger partial charge in [0.2, 0.25) is 5.91 Å². The molecule has 2 aromatic carbocycles. The van der Waals surface area contributed by atoms with Gasteiger partial charge < -0.3 is 10.6 Å². The van der Waals surface area contributed by atoms with Crippen molar-refractivity contribution in [2.45, 2.75) is 44.6 Å². The lowest BCUT2D eigenvalue weighted by Crippen LogP contribution is -2.38. The van der Waals surface area contributed by atoms with Gasteiger partial charge in [0.1, 0.15) is 0 Å². The molecule has 0 saturated heterocycles. The van der Waals surface area contributed by atoms with Gasteiger partial charge in [-0.25, -0.2) is 0 Å². The van der Waals surface area contributed by atoms with Crippen LogP contribution in [0.1, 0.15) is 64.8 Å². The van der Waals surface area contributed by atoms with Gasteiger partial charge in [-0.3, -0.25) is 14.4 Å². The number of nitrogens with one attached hydrogen (secondary N) is 2. The zero-order chi connectivity index (χ0) is 20.6. The number of carbonyl (C=O) groups excluding carboxylic acids is 3. The van der Waals surface area contributed by atoms with E-state index in [2.05, 4.69) is 10.6 Å². The number of amides is 2. The molecule has 0 aromatic heterocycles. The highest BCUT2D eigenvalue weighted by Crippen LogP contribution is 2.18. The lowest BCUT2D eigenvalue weighted by molar-refractivity contribution is -0.121. The molecule has 152 valence electrons. The molecule has 0 heterocycles. The topological polar surface area (TPSA) is 75.3 Å². The number of hydrogen-bond acceptors (Lipinski definition) is 3. The van der Waals surface area contributed by atoms with Gasteiger partial charge in [0.15, 0.2) is 5.78 Å². The maximum atomic E-state index is 12.8. The van der Waals surface area contributed by atoms with Crippen molar-refractivity contribution in [2.75, 3.05) is 6.54 Å². The van der Waals surface area contributed by atoms with Crippen LogP contribution in [0.25, 0.3) is 0 Å². The molecule has 0 unspecified atom stereocenters. The van der Waals surface area contributed by atoms with E-state index in [4.69, 9.17) is 11.6 Å². The third-order valence-electron chi connectivity index (χ3n) is 5.13. The van der Waals surface area contributed by atoms with E-state index in [0.717, 1.165) is 25.7 Å². The Morgan fingerprint density at radius 2 is 1.55 bits per heavy atom. The summed E-state index contributed by atoms with van der Waals surface area (Å²) in [7, 11) is 0. The predicted molar refractivity (Wildman–Crippen MR) is 113 cm³/mol. The van der Waals surface area contributed by atoms with Crippen molar-refractivity contribution in [2.24, 2.45) is 0 Å². The van der Waals surface area contributed by atoms with E-state index in [1.54, 1.807) is 48.5 Å². The van der Waals surface area contributed by atoms with Crippen molar-refractivity contribution in [3.8, 4) is 0 Å². The van der Waals surface area contributed by atoms with E-state index in [1.807, 2.05) is 0 Å².